The normalized spacial score (nSPS) is 36.2. The van der Waals surface area contributed by atoms with E-state index in [1.807, 2.05) is 0 Å². The van der Waals surface area contributed by atoms with Gasteiger partial charge < -0.3 is 10.2 Å². The highest BCUT2D eigenvalue weighted by Gasteiger charge is 2.60. The van der Waals surface area contributed by atoms with Gasteiger partial charge in [-0.3, -0.25) is 4.79 Å². The highest BCUT2D eigenvalue weighted by atomic mass is 16.2. The van der Waals surface area contributed by atoms with E-state index < -0.39 is 0 Å². The Morgan fingerprint density at radius 3 is 2.56 bits per heavy atom. The van der Waals surface area contributed by atoms with E-state index in [2.05, 4.69) is 40.5 Å². The molecule has 3 nitrogen and oxygen atoms in total. The van der Waals surface area contributed by atoms with E-state index in [-0.39, 0.29) is 16.9 Å². The van der Waals surface area contributed by atoms with Gasteiger partial charge in [0.2, 0.25) is 5.91 Å². The first-order valence-corrected chi connectivity index (χ1v) is 10.3. The summed E-state index contributed by atoms with van der Waals surface area (Å²) in [7, 11) is 0. The second-order valence-electron chi connectivity index (χ2n) is 8.93. The van der Waals surface area contributed by atoms with Crippen molar-refractivity contribution >= 4 is 5.91 Å². The number of amides is 1. The van der Waals surface area contributed by atoms with Gasteiger partial charge in [-0.1, -0.05) is 56.0 Å². The fourth-order valence-corrected chi connectivity index (χ4v) is 6.59. The molecule has 4 aliphatic rings. The lowest BCUT2D eigenvalue weighted by Crippen LogP contribution is -2.69. The Kier molecular flexibility index (Phi) is 3.70. The molecule has 3 atom stereocenters. The molecule has 1 aromatic carbocycles. The number of benzene rings is 1. The van der Waals surface area contributed by atoms with Crippen molar-refractivity contribution in [2.45, 2.75) is 56.9 Å². The number of nitrogens with one attached hydrogen (secondary N) is 1. The van der Waals surface area contributed by atoms with Crippen LogP contribution < -0.4 is 5.32 Å². The molecule has 4 fully saturated rings. The SMILES string of the molecule is O=C(C1CNCC12CCCC2)N1CC2CCCCC21c1ccccc1. The predicted molar refractivity (Wildman–Crippen MR) is 99.1 cm³/mol. The molecule has 2 saturated heterocycles. The van der Waals surface area contributed by atoms with Gasteiger partial charge in [0.25, 0.3) is 0 Å². The minimum absolute atomic E-state index is 0.00101. The molecule has 1 N–H and O–H groups in total. The van der Waals surface area contributed by atoms with Crippen LogP contribution in [-0.2, 0) is 10.3 Å². The van der Waals surface area contributed by atoms with Crippen molar-refractivity contribution in [1.29, 1.82) is 0 Å². The van der Waals surface area contributed by atoms with Crippen LogP contribution in [0.25, 0.3) is 0 Å². The molecule has 2 aliphatic heterocycles. The Balaban J connectivity index is 1.48. The first-order valence-electron chi connectivity index (χ1n) is 10.3. The fourth-order valence-electron chi connectivity index (χ4n) is 6.59. The van der Waals surface area contributed by atoms with E-state index in [9.17, 15) is 4.79 Å². The third kappa shape index (κ3) is 2.17. The van der Waals surface area contributed by atoms with Crippen LogP contribution in [0.2, 0.25) is 0 Å². The molecule has 3 heteroatoms. The molecule has 2 saturated carbocycles. The van der Waals surface area contributed by atoms with Crippen LogP contribution in [0, 0.1) is 17.3 Å². The Labute approximate surface area is 151 Å². The summed E-state index contributed by atoms with van der Waals surface area (Å²) in [5.74, 6) is 1.33. The van der Waals surface area contributed by atoms with Gasteiger partial charge in [0.1, 0.15) is 0 Å². The first kappa shape index (κ1) is 15.9. The van der Waals surface area contributed by atoms with Crippen molar-refractivity contribution in [3.05, 3.63) is 35.9 Å². The number of rotatable bonds is 2. The zero-order valence-electron chi connectivity index (χ0n) is 15.2. The van der Waals surface area contributed by atoms with Gasteiger partial charge in [0.15, 0.2) is 0 Å². The van der Waals surface area contributed by atoms with Gasteiger partial charge in [-0.2, -0.15) is 0 Å². The predicted octanol–water partition coefficient (Wildman–Crippen LogP) is 3.69. The summed E-state index contributed by atoms with van der Waals surface area (Å²) in [4.78, 5) is 16.0. The zero-order chi connectivity index (χ0) is 16.9. The lowest BCUT2D eigenvalue weighted by molar-refractivity contribution is -0.173. The van der Waals surface area contributed by atoms with E-state index in [0.717, 1.165) is 26.1 Å². The summed E-state index contributed by atoms with van der Waals surface area (Å²) in [5.41, 5.74) is 1.64. The van der Waals surface area contributed by atoms with E-state index >= 15 is 0 Å². The maximum atomic E-state index is 13.7. The Morgan fingerprint density at radius 2 is 1.80 bits per heavy atom. The number of carbonyl (C=O) groups excluding carboxylic acids is 1. The third-order valence-electron chi connectivity index (χ3n) is 7.92. The third-order valence-corrected chi connectivity index (χ3v) is 7.92. The van der Waals surface area contributed by atoms with Gasteiger partial charge in [-0.15, -0.1) is 0 Å². The molecule has 0 aromatic heterocycles. The standard InChI is InChI=1S/C22H30N2O/c25-20(19-14-23-16-21(19)11-6-7-12-21)24-15-18-10-4-5-13-22(18,24)17-8-2-1-3-9-17/h1-3,8-9,18-19,23H,4-7,10-16H2. The van der Waals surface area contributed by atoms with Crippen molar-refractivity contribution in [3.63, 3.8) is 0 Å². The van der Waals surface area contributed by atoms with Gasteiger partial charge in [0, 0.05) is 25.6 Å². The number of hydrogen-bond donors (Lipinski definition) is 1. The number of nitrogens with zero attached hydrogens (tertiary/aromatic N) is 1. The second kappa shape index (κ2) is 5.84. The minimum Gasteiger partial charge on any atom is -0.332 e. The molecular formula is C22H30N2O. The first-order chi connectivity index (χ1) is 12.3. The molecule has 134 valence electrons. The fraction of sp³-hybridized carbons (Fsp3) is 0.682. The highest BCUT2D eigenvalue weighted by Crippen LogP contribution is 2.56. The molecule has 2 aliphatic carbocycles. The molecule has 1 spiro atoms. The number of likely N-dealkylation sites (tertiary alicyclic amines) is 1. The quantitative estimate of drug-likeness (QED) is 0.892. The summed E-state index contributed by atoms with van der Waals surface area (Å²) in [5, 5.41) is 3.57. The van der Waals surface area contributed by atoms with Crippen molar-refractivity contribution < 1.29 is 4.79 Å². The van der Waals surface area contributed by atoms with Crippen molar-refractivity contribution in [1.82, 2.24) is 10.2 Å². The van der Waals surface area contributed by atoms with Gasteiger partial charge in [0.05, 0.1) is 11.5 Å². The maximum Gasteiger partial charge on any atom is 0.228 e. The van der Waals surface area contributed by atoms with Gasteiger partial charge >= 0.3 is 0 Å². The molecule has 25 heavy (non-hydrogen) atoms. The second-order valence-corrected chi connectivity index (χ2v) is 8.93. The van der Waals surface area contributed by atoms with E-state index in [1.54, 1.807) is 0 Å². The summed E-state index contributed by atoms with van der Waals surface area (Å²) >= 11 is 0. The average molecular weight is 338 g/mol. The lowest BCUT2D eigenvalue weighted by atomic mass is 9.61. The highest BCUT2D eigenvalue weighted by molar-refractivity contribution is 5.82. The molecule has 0 bridgehead atoms. The van der Waals surface area contributed by atoms with E-state index in [1.165, 1.54) is 50.5 Å². The Bertz CT molecular complexity index is 646. The summed E-state index contributed by atoms with van der Waals surface area (Å²) < 4.78 is 0. The average Bonchev–Trinajstić information content (AvgIpc) is 3.27. The molecule has 1 aromatic rings. The molecular weight excluding hydrogens is 308 g/mol. The lowest BCUT2D eigenvalue weighted by Gasteiger charge is -2.62. The summed E-state index contributed by atoms with van der Waals surface area (Å²) in [6, 6.07) is 10.9. The number of carbonyl (C=O) groups is 1. The maximum absolute atomic E-state index is 13.7. The van der Waals surface area contributed by atoms with Crippen LogP contribution in [0.3, 0.4) is 0 Å². The summed E-state index contributed by atoms with van der Waals surface area (Å²) in [6.07, 6.45) is 10.1. The molecule has 1 amide bonds. The minimum atomic E-state index is -0.00101. The van der Waals surface area contributed by atoms with E-state index in [4.69, 9.17) is 0 Å². The van der Waals surface area contributed by atoms with E-state index in [0.29, 0.717) is 11.8 Å². The number of hydrogen-bond acceptors (Lipinski definition) is 2. The monoisotopic (exact) mass is 338 g/mol. The zero-order valence-corrected chi connectivity index (χ0v) is 15.2. The molecule has 3 unspecified atom stereocenters. The largest absolute Gasteiger partial charge is 0.332 e. The van der Waals surface area contributed by atoms with Crippen molar-refractivity contribution in [3.8, 4) is 0 Å². The molecule has 0 radical (unpaired) electrons. The number of fused-ring (bicyclic) bond motifs is 1. The smallest absolute Gasteiger partial charge is 0.228 e. The van der Waals surface area contributed by atoms with Crippen LogP contribution in [0.1, 0.15) is 56.9 Å². The topological polar surface area (TPSA) is 32.3 Å². The van der Waals surface area contributed by atoms with Crippen molar-refractivity contribution in [2.24, 2.45) is 17.3 Å². The summed E-state index contributed by atoms with van der Waals surface area (Å²) in [6.45, 7) is 2.93. The van der Waals surface area contributed by atoms with Crippen LogP contribution in [0.4, 0.5) is 0 Å². The molecule has 2 heterocycles. The molecule has 5 rings (SSSR count). The Hall–Kier alpha value is -1.35. The van der Waals surface area contributed by atoms with Crippen LogP contribution in [-0.4, -0.2) is 30.4 Å². The van der Waals surface area contributed by atoms with Crippen molar-refractivity contribution in [2.75, 3.05) is 19.6 Å². The van der Waals surface area contributed by atoms with Gasteiger partial charge in [-0.05, 0) is 36.7 Å². The van der Waals surface area contributed by atoms with Crippen LogP contribution >= 0.6 is 0 Å². The van der Waals surface area contributed by atoms with Crippen LogP contribution in [0.15, 0.2) is 30.3 Å². The van der Waals surface area contributed by atoms with Gasteiger partial charge in [-0.25, -0.2) is 0 Å². The Morgan fingerprint density at radius 1 is 1.04 bits per heavy atom. The van der Waals surface area contributed by atoms with Crippen LogP contribution in [0.5, 0.6) is 0 Å².